The maximum absolute atomic E-state index is 11.8. The highest BCUT2D eigenvalue weighted by Gasteiger charge is 2.07. The number of nitrogens with one attached hydrogen (secondary N) is 1. The third-order valence-corrected chi connectivity index (χ3v) is 3.62. The molecule has 0 aliphatic carbocycles. The molecule has 2 heteroatoms. The Bertz CT molecular complexity index is 361. The smallest absolute Gasteiger partial charge is 0.220 e. The molecule has 20 heavy (non-hydrogen) atoms. The fourth-order valence-corrected chi connectivity index (χ4v) is 2.34. The molecule has 0 fully saturated rings. The lowest BCUT2D eigenvalue weighted by Crippen LogP contribution is -2.32. The van der Waals surface area contributed by atoms with Crippen molar-refractivity contribution in [2.45, 2.75) is 71.3 Å². The van der Waals surface area contributed by atoms with Crippen LogP contribution in [0.4, 0.5) is 0 Å². The third kappa shape index (κ3) is 7.98. The van der Waals surface area contributed by atoms with Crippen LogP contribution in [0.1, 0.15) is 64.4 Å². The first kappa shape index (κ1) is 16.7. The maximum atomic E-state index is 11.8. The van der Waals surface area contributed by atoms with Crippen LogP contribution in [0.5, 0.6) is 0 Å². The number of benzene rings is 1. The van der Waals surface area contributed by atoms with Gasteiger partial charge in [-0.15, -0.1) is 0 Å². The van der Waals surface area contributed by atoms with E-state index in [1.54, 1.807) is 0 Å². The summed E-state index contributed by atoms with van der Waals surface area (Å²) in [5.41, 5.74) is 1.34. The number of unbranched alkanes of at least 4 members (excludes halogenated alkanes) is 4. The van der Waals surface area contributed by atoms with Crippen molar-refractivity contribution >= 4 is 5.91 Å². The Hall–Kier alpha value is -1.31. The van der Waals surface area contributed by atoms with E-state index in [0.717, 1.165) is 19.3 Å². The number of aryl methyl sites for hydroxylation is 1. The number of hydrogen-bond donors (Lipinski definition) is 1. The fourth-order valence-electron chi connectivity index (χ4n) is 2.34. The molecule has 2 nitrogen and oxygen atoms in total. The summed E-state index contributed by atoms with van der Waals surface area (Å²) in [6.45, 7) is 4.30. The van der Waals surface area contributed by atoms with E-state index in [1.165, 1.54) is 31.2 Å². The summed E-state index contributed by atoms with van der Waals surface area (Å²) in [6.07, 6.45) is 8.71. The van der Waals surface area contributed by atoms with Gasteiger partial charge in [-0.3, -0.25) is 4.79 Å². The normalized spacial score (nSPS) is 12.1. The molecule has 0 bridgehead atoms. The molecule has 1 amide bonds. The Balaban J connectivity index is 2.09. The average molecular weight is 275 g/mol. The predicted molar refractivity (Wildman–Crippen MR) is 85.7 cm³/mol. The fraction of sp³-hybridized carbons (Fsp3) is 0.611. The number of carbonyl (C=O) groups is 1. The number of carbonyl (C=O) groups excluding carboxylic acids is 1. The highest BCUT2D eigenvalue weighted by Crippen LogP contribution is 2.07. The molecular weight excluding hydrogens is 246 g/mol. The highest BCUT2D eigenvalue weighted by molar-refractivity contribution is 5.76. The van der Waals surface area contributed by atoms with Crippen LogP contribution in [-0.2, 0) is 11.2 Å². The number of rotatable bonds is 10. The standard InChI is InChI=1S/C18H29NO/c1-3-4-5-6-10-13-18(20)19-16(2)14-15-17-11-8-7-9-12-17/h7-9,11-12,16H,3-6,10,13-15H2,1-2H3,(H,19,20). The van der Waals surface area contributed by atoms with Crippen LogP contribution >= 0.6 is 0 Å². The Morgan fingerprint density at radius 2 is 1.80 bits per heavy atom. The van der Waals surface area contributed by atoms with E-state index >= 15 is 0 Å². The summed E-state index contributed by atoms with van der Waals surface area (Å²) >= 11 is 0. The Labute approximate surface area is 124 Å². The topological polar surface area (TPSA) is 29.1 Å². The van der Waals surface area contributed by atoms with Gasteiger partial charge in [0.15, 0.2) is 0 Å². The third-order valence-electron chi connectivity index (χ3n) is 3.62. The van der Waals surface area contributed by atoms with Crippen LogP contribution in [0.2, 0.25) is 0 Å². The van der Waals surface area contributed by atoms with E-state index < -0.39 is 0 Å². The van der Waals surface area contributed by atoms with Gasteiger partial charge in [0.25, 0.3) is 0 Å². The van der Waals surface area contributed by atoms with Crippen LogP contribution in [0, 0.1) is 0 Å². The van der Waals surface area contributed by atoms with Crippen LogP contribution in [0.15, 0.2) is 30.3 Å². The van der Waals surface area contributed by atoms with E-state index in [2.05, 4.69) is 43.4 Å². The molecule has 1 atom stereocenters. The van der Waals surface area contributed by atoms with Crippen molar-refractivity contribution in [3.05, 3.63) is 35.9 Å². The van der Waals surface area contributed by atoms with Gasteiger partial charge in [0.2, 0.25) is 5.91 Å². The molecule has 0 saturated heterocycles. The first-order valence-electron chi connectivity index (χ1n) is 8.05. The van der Waals surface area contributed by atoms with Gasteiger partial charge in [-0.25, -0.2) is 0 Å². The Kier molecular flexibility index (Phi) is 8.77. The molecule has 1 unspecified atom stereocenters. The molecule has 112 valence electrons. The molecule has 1 N–H and O–H groups in total. The molecular formula is C18H29NO. The lowest BCUT2D eigenvalue weighted by Gasteiger charge is -2.13. The Morgan fingerprint density at radius 3 is 2.50 bits per heavy atom. The van der Waals surface area contributed by atoms with E-state index in [0.29, 0.717) is 6.42 Å². The second kappa shape index (κ2) is 10.5. The molecule has 0 heterocycles. The second-order valence-corrected chi connectivity index (χ2v) is 5.66. The monoisotopic (exact) mass is 275 g/mol. The van der Waals surface area contributed by atoms with Gasteiger partial charge in [-0.05, 0) is 31.7 Å². The molecule has 0 aliphatic heterocycles. The molecule has 1 aromatic rings. The average Bonchev–Trinajstić information content (AvgIpc) is 2.46. The van der Waals surface area contributed by atoms with Gasteiger partial charge < -0.3 is 5.32 Å². The van der Waals surface area contributed by atoms with Gasteiger partial charge in [0.05, 0.1) is 0 Å². The van der Waals surface area contributed by atoms with Crippen molar-refractivity contribution < 1.29 is 4.79 Å². The summed E-state index contributed by atoms with van der Waals surface area (Å²) in [5, 5.41) is 3.10. The molecule has 1 rings (SSSR count). The van der Waals surface area contributed by atoms with Crippen LogP contribution < -0.4 is 5.32 Å². The summed E-state index contributed by atoms with van der Waals surface area (Å²) in [4.78, 5) is 11.8. The number of hydrogen-bond acceptors (Lipinski definition) is 1. The predicted octanol–water partition coefficient (Wildman–Crippen LogP) is 4.48. The van der Waals surface area contributed by atoms with Gasteiger partial charge in [0.1, 0.15) is 0 Å². The van der Waals surface area contributed by atoms with Gasteiger partial charge >= 0.3 is 0 Å². The quantitative estimate of drug-likeness (QED) is 0.626. The van der Waals surface area contributed by atoms with Crippen molar-refractivity contribution in [1.29, 1.82) is 0 Å². The molecule has 1 aromatic carbocycles. The first-order valence-corrected chi connectivity index (χ1v) is 8.05. The molecule has 0 aromatic heterocycles. The van der Waals surface area contributed by atoms with Crippen LogP contribution in [-0.4, -0.2) is 11.9 Å². The molecule has 0 saturated carbocycles. The summed E-state index contributed by atoms with van der Waals surface area (Å²) in [7, 11) is 0. The summed E-state index contributed by atoms with van der Waals surface area (Å²) < 4.78 is 0. The number of amides is 1. The van der Waals surface area contributed by atoms with E-state index in [-0.39, 0.29) is 11.9 Å². The summed E-state index contributed by atoms with van der Waals surface area (Å²) in [6, 6.07) is 10.7. The van der Waals surface area contributed by atoms with Gasteiger partial charge in [-0.2, -0.15) is 0 Å². The van der Waals surface area contributed by atoms with Crippen LogP contribution in [0.3, 0.4) is 0 Å². The van der Waals surface area contributed by atoms with Gasteiger partial charge in [-0.1, -0.05) is 62.9 Å². The van der Waals surface area contributed by atoms with Crippen LogP contribution in [0.25, 0.3) is 0 Å². The lowest BCUT2D eigenvalue weighted by atomic mass is 10.1. The van der Waals surface area contributed by atoms with Crippen molar-refractivity contribution in [3.8, 4) is 0 Å². The van der Waals surface area contributed by atoms with Gasteiger partial charge in [0, 0.05) is 12.5 Å². The highest BCUT2D eigenvalue weighted by atomic mass is 16.1. The minimum absolute atomic E-state index is 0.210. The summed E-state index contributed by atoms with van der Waals surface area (Å²) in [5.74, 6) is 0.210. The van der Waals surface area contributed by atoms with Crippen molar-refractivity contribution in [1.82, 2.24) is 5.32 Å². The molecule has 0 radical (unpaired) electrons. The van der Waals surface area contributed by atoms with Crippen molar-refractivity contribution in [2.24, 2.45) is 0 Å². The zero-order valence-electron chi connectivity index (χ0n) is 13.0. The SMILES string of the molecule is CCCCCCCC(=O)NC(C)CCc1ccccc1. The van der Waals surface area contributed by atoms with E-state index in [4.69, 9.17) is 0 Å². The first-order chi connectivity index (χ1) is 9.72. The minimum Gasteiger partial charge on any atom is -0.354 e. The lowest BCUT2D eigenvalue weighted by molar-refractivity contribution is -0.121. The van der Waals surface area contributed by atoms with E-state index in [1.807, 2.05) is 6.07 Å². The molecule has 0 aliphatic rings. The maximum Gasteiger partial charge on any atom is 0.220 e. The zero-order valence-corrected chi connectivity index (χ0v) is 13.0. The molecule has 0 spiro atoms. The van der Waals surface area contributed by atoms with E-state index in [9.17, 15) is 4.79 Å². The minimum atomic E-state index is 0.210. The Morgan fingerprint density at radius 1 is 1.10 bits per heavy atom. The van der Waals surface area contributed by atoms with Crippen molar-refractivity contribution in [2.75, 3.05) is 0 Å². The second-order valence-electron chi connectivity index (χ2n) is 5.66. The zero-order chi connectivity index (χ0) is 14.6. The van der Waals surface area contributed by atoms with Crippen molar-refractivity contribution in [3.63, 3.8) is 0 Å². The largest absolute Gasteiger partial charge is 0.354 e.